The van der Waals surface area contributed by atoms with Crippen molar-refractivity contribution in [3.8, 4) is 0 Å². The normalized spacial score (nSPS) is 18.4. The number of anilines is 1. The first kappa shape index (κ1) is 15.6. The van der Waals surface area contributed by atoms with Gasteiger partial charge in [-0.3, -0.25) is 14.9 Å². The van der Waals surface area contributed by atoms with E-state index in [0.29, 0.717) is 24.0 Å². The van der Waals surface area contributed by atoms with Gasteiger partial charge in [0.1, 0.15) is 11.3 Å². The van der Waals surface area contributed by atoms with Crippen LogP contribution >= 0.6 is 11.8 Å². The zero-order valence-electron chi connectivity index (χ0n) is 12.2. The van der Waals surface area contributed by atoms with Gasteiger partial charge in [-0.2, -0.15) is 11.8 Å². The van der Waals surface area contributed by atoms with Crippen LogP contribution in [0.4, 0.5) is 11.4 Å². The van der Waals surface area contributed by atoms with Crippen molar-refractivity contribution in [3.63, 3.8) is 0 Å². The topological polar surface area (TPSA) is 75.5 Å². The summed E-state index contributed by atoms with van der Waals surface area (Å²) in [6.07, 6.45) is 0.993. The van der Waals surface area contributed by atoms with Gasteiger partial charge in [-0.05, 0) is 18.6 Å². The molecule has 1 N–H and O–H groups in total. The highest BCUT2D eigenvalue weighted by atomic mass is 32.2. The quantitative estimate of drug-likeness (QED) is 0.683. The van der Waals surface area contributed by atoms with Gasteiger partial charge < -0.3 is 10.2 Å². The Bertz CT molecular complexity index is 550. The second-order valence-electron chi connectivity index (χ2n) is 4.86. The number of hydrogen-bond acceptors (Lipinski definition) is 5. The molecule has 1 atom stereocenters. The van der Waals surface area contributed by atoms with Crippen LogP contribution < -0.4 is 5.32 Å². The van der Waals surface area contributed by atoms with Crippen molar-refractivity contribution >= 4 is 29.0 Å². The largest absolute Gasteiger partial charge is 0.383 e. The molecule has 1 fully saturated rings. The van der Waals surface area contributed by atoms with E-state index < -0.39 is 4.92 Å². The van der Waals surface area contributed by atoms with Crippen LogP contribution in [0.1, 0.15) is 23.7 Å². The van der Waals surface area contributed by atoms with Crippen LogP contribution in [0, 0.1) is 10.1 Å². The molecule has 1 amide bonds. The van der Waals surface area contributed by atoms with Gasteiger partial charge in [-0.1, -0.05) is 13.0 Å². The van der Waals surface area contributed by atoms with Crippen LogP contribution in [0.5, 0.6) is 0 Å². The van der Waals surface area contributed by atoms with Gasteiger partial charge in [-0.15, -0.1) is 0 Å². The Morgan fingerprint density at radius 3 is 2.95 bits per heavy atom. The van der Waals surface area contributed by atoms with Crippen molar-refractivity contribution in [3.05, 3.63) is 33.9 Å². The molecule has 1 aromatic rings. The van der Waals surface area contributed by atoms with E-state index >= 15 is 0 Å². The number of nitro benzene ring substituents is 1. The maximum absolute atomic E-state index is 12.6. The van der Waals surface area contributed by atoms with Crippen molar-refractivity contribution < 1.29 is 9.72 Å². The van der Waals surface area contributed by atoms with E-state index in [-0.39, 0.29) is 17.2 Å². The first-order valence-electron chi connectivity index (χ1n) is 6.94. The van der Waals surface area contributed by atoms with Gasteiger partial charge in [0, 0.05) is 31.1 Å². The third-order valence-electron chi connectivity index (χ3n) is 3.60. The maximum Gasteiger partial charge on any atom is 0.305 e. The fourth-order valence-electron chi connectivity index (χ4n) is 2.44. The summed E-state index contributed by atoms with van der Waals surface area (Å²) >= 11 is 1.86. The van der Waals surface area contributed by atoms with Crippen molar-refractivity contribution in [1.29, 1.82) is 0 Å². The van der Waals surface area contributed by atoms with E-state index in [4.69, 9.17) is 0 Å². The maximum atomic E-state index is 12.6. The molecule has 2 rings (SSSR count). The fourth-order valence-corrected chi connectivity index (χ4v) is 3.62. The monoisotopic (exact) mass is 309 g/mol. The molecular weight excluding hydrogens is 290 g/mol. The standard InChI is InChI=1S/C14H19N3O3S/c1-3-10-9-16(7-8-21-10)14(18)11-5-4-6-12(15-2)13(11)17(19)20/h4-6,10,15H,3,7-9H2,1-2H3. The number of hydrogen-bond donors (Lipinski definition) is 1. The van der Waals surface area contributed by atoms with Crippen LogP contribution in [0.15, 0.2) is 18.2 Å². The van der Waals surface area contributed by atoms with Gasteiger partial charge in [-0.25, -0.2) is 0 Å². The highest BCUT2D eigenvalue weighted by Crippen LogP contribution is 2.30. The number of thioether (sulfide) groups is 1. The summed E-state index contributed by atoms with van der Waals surface area (Å²) in [6, 6.07) is 4.81. The second-order valence-corrected chi connectivity index (χ2v) is 6.27. The lowest BCUT2D eigenvalue weighted by Gasteiger charge is -2.32. The molecule has 1 aliphatic heterocycles. The Morgan fingerprint density at radius 1 is 1.57 bits per heavy atom. The Hall–Kier alpha value is -1.76. The summed E-state index contributed by atoms with van der Waals surface area (Å²) in [6.45, 7) is 3.39. The number of para-hydroxylation sites is 1. The molecule has 1 unspecified atom stereocenters. The van der Waals surface area contributed by atoms with E-state index in [1.54, 1.807) is 24.1 Å². The first-order valence-corrected chi connectivity index (χ1v) is 7.99. The molecule has 1 aromatic carbocycles. The third kappa shape index (κ3) is 3.29. The molecule has 0 aromatic heterocycles. The molecule has 0 bridgehead atoms. The Balaban J connectivity index is 2.32. The first-order chi connectivity index (χ1) is 10.1. The summed E-state index contributed by atoms with van der Waals surface area (Å²) in [7, 11) is 1.61. The molecular formula is C14H19N3O3S. The lowest BCUT2D eigenvalue weighted by Crippen LogP contribution is -2.42. The SMILES string of the molecule is CCC1CN(C(=O)c2cccc(NC)c2[N+](=O)[O-])CCS1. The van der Waals surface area contributed by atoms with E-state index in [1.807, 2.05) is 11.8 Å². The highest BCUT2D eigenvalue weighted by molar-refractivity contribution is 8.00. The lowest BCUT2D eigenvalue weighted by atomic mass is 10.1. The summed E-state index contributed by atoms with van der Waals surface area (Å²) in [5.74, 6) is 0.626. The van der Waals surface area contributed by atoms with Crippen molar-refractivity contribution in [2.75, 3.05) is 31.2 Å². The summed E-state index contributed by atoms with van der Waals surface area (Å²) in [5, 5.41) is 14.5. The molecule has 7 heteroatoms. The van der Waals surface area contributed by atoms with Gasteiger partial charge in [0.2, 0.25) is 0 Å². The number of amides is 1. The average Bonchev–Trinajstić information content (AvgIpc) is 2.53. The van der Waals surface area contributed by atoms with Crippen LogP contribution in [-0.2, 0) is 0 Å². The van der Waals surface area contributed by atoms with E-state index in [9.17, 15) is 14.9 Å². The summed E-state index contributed by atoms with van der Waals surface area (Å²) in [4.78, 5) is 25.2. The second kappa shape index (κ2) is 6.80. The molecule has 0 saturated carbocycles. The number of nitrogens with zero attached hydrogens (tertiary/aromatic N) is 2. The highest BCUT2D eigenvalue weighted by Gasteiger charge is 2.30. The molecule has 1 aliphatic rings. The van der Waals surface area contributed by atoms with Gasteiger partial charge in [0.05, 0.1) is 4.92 Å². The number of rotatable bonds is 4. The van der Waals surface area contributed by atoms with Gasteiger partial charge in [0.25, 0.3) is 5.91 Å². The number of nitrogens with one attached hydrogen (secondary N) is 1. The van der Waals surface area contributed by atoms with Gasteiger partial charge >= 0.3 is 5.69 Å². The Morgan fingerprint density at radius 2 is 2.33 bits per heavy atom. The molecule has 1 saturated heterocycles. The summed E-state index contributed by atoms with van der Waals surface area (Å²) < 4.78 is 0. The zero-order valence-corrected chi connectivity index (χ0v) is 13.0. The van der Waals surface area contributed by atoms with Crippen molar-refractivity contribution in [1.82, 2.24) is 4.90 Å². The molecule has 114 valence electrons. The smallest absolute Gasteiger partial charge is 0.305 e. The van der Waals surface area contributed by atoms with E-state index in [1.165, 1.54) is 6.07 Å². The van der Waals surface area contributed by atoms with Crippen LogP contribution in [0.3, 0.4) is 0 Å². The number of carbonyl (C=O) groups excluding carboxylic acids is 1. The number of carbonyl (C=O) groups is 1. The van der Waals surface area contributed by atoms with Crippen molar-refractivity contribution in [2.45, 2.75) is 18.6 Å². The number of nitro groups is 1. The predicted octanol–water partition coefficient (Wildman–Crippen LogP) is 2.60. The lowest BCUT2D eigenvalue weighted by molar-refractivity contribution is -0.384. The zero-order chi connectivity index (χ0) is 15.4. The fraction of sp³-hybridized carbons (Fsp3) is 0.500. The minimum atomic E-state index is -0.491. The minimum absolute atomic E-state index is 0.142. The Kier molecular flexibility index (Phi) is 5.06. The Labute approximate surface area is 128 Å². The van der Waals surface area contributed by atoms with Crippen LogP contribution in [0.2, 0.25) is 0 Å². The van der Waals surface area contributed by atoms with Crippen LogP contribution in [-0.4, -0.2) is 46.9 Å². The van der Waals surface area contributed by atoms with E-state index in [2.05, 4.69) is 12.2 Å². The molecule has 6 nitrogen and oxygen atoms in total. The number of benzene rings is 1. The average molecular weight is 309 g/mol. The molecule has 21 heavy (non-hydrogen) atoms. The molecule has 0 radical (unpaired) electrons. The van der Waals surface area contributed by atoms with Crippen LogP contribution in [0.25, 0.3) is 0 Å². The minimum Gasteiger partial charge on any atom is -0.383 e. The van der Waals surface area contributed by atoms with Crippen molar-refractivity contribution in [2.24, 2.45) is 0 Å². The van der Waals surface area contributed by atoms with E-state index in [0.717, 1.165) is 12.2 Å². The molecule has 0 aliphatic carbocycles. The molecule has 1 heterocycles. The predicted molar refractivity (Wildman–Crippen MR) is 85.1 cm³/mol. The summed E-state index contributed by atoms with van der Waals surface area (Å²) in [5.41, 5.74) is 0.383. The molecule has 0 spiro atoms. The third-order valence-corrected chi connectivity index (χ3v) is 4.97. The van der Waals surface area contributed by atoms with Gasteiger partial charge in [0.15, 0.2) is 0 Å².